The zero-order valence-corrected chi connectivity index (χ0v) is 13.5. The summed E-state index contributed by atoms with van der Waals surface area (Å²) in [6, 6.07) is -1.27. The lowest BCUT2D eigenvalue weighted by Gasteiger charge is -2.29. The van der Waals surface area contributed by atoms with E-state index in [1.54, 1.807) is 6.26 Å². The lowest BCUT2D eigenvalue weighted by molar-refractivity contribution is -0.144. The summed E-state index contributed by atoms with van der Waals surface area (Å²) in [5.74, 6) is -1.74. The van der Waals surface area contributed by atoms with Crippen LogP contribution < -0.4 is 10.6 Å². The van der Waals surface area contributed by atoms with Crippen molar-refractivity contribution in [2.45, 2.75) is 11.6 Å². The Balaban J connectivity index is 3.01. The van der Waals surface area contributed by atoms with E-state index in [1.807, 2.05) is 0 Å². The third-order valence-electron chi connectivity index (χ3n) is 2.83. The summed E-state index contributed by atoms with van der Waals surface area (Å²) in [6.45, 7) is -0.222. The minimum atomic E-state index is -1.67. The maximum absolute atomic E-state index is 12.5. The monoisotopic (exact) mass is 342 g/mol. The van der Waals surface area contributed by atoms with Crippen molar-refractivity contribution < 1.29 is 24.2 Å². The van der Waals surface area contributed by atoms with Crippen molar-refractivity contribution in [3.63, 3.8) is 0 Å². The van der Waals surface area contributed by atoms with Crippen molar-refractivity contribution >= 4 is 35.7 Å². The number of carbonyl (C=O) groups is 3. The first kappa shape index (κ1) is 18.8. The Morgan fingerprint density at radius 3 is 2.74 bits per heavy atom. The van der Waals surface area contributed by atoms with Gasteiger partial charge in [0.1, 0.15) is 5.82 Å². The number of hydrogen-bond acceptors (Lipinski definition) is 8. The molecule has 0 saturated heterocycles. The number of carboxylic acid groups (broad SMARTS) is 1. The fourth-order valence-corrected chi connectivity index (χ4v) is 2.45. The third kappa shape index (κ3) is 5.18. The number of anilines is 1. The molecule has 0 aliphatic carbocycles. The summed E-state index contributed by atoms with van der Waals surface area (Å²) in [5, 5.41) is 14.1. The number of rotatable bonds is 10. The van der Waals surface area contributed by atoms with E-state index in [0.717, 1.165) is 0 Å². The number of aldehydes is 1. The van der Waals surface area contributed by atoms with Gasteiger partial charge in [-0.3, -0.25) is 9.78 Å². The first-order valence-corrected chi connectivity index (χ1v) is 7.90. The van der Waals surface area contributed by atoms with E-state index in [2.05, 4.69) is 20.6 Å². The summed E-state index contributed by atoms with van der Waals surface area (Å²) < 4.78 is 4.76. The lowest BCUT2D eigenvalue weighted by atomic mass is 10.0. The van der Waals surface area contributed by atoms with Gasteiger partial charge in [0.15, 0.2) is 17.9 Å². The molecule has 0 radical (unpaired) electrons. The Bertz CT molecular complexity index is 544. The molecule has 1 unspecified atom stereocenters. The third-order valence-corrected chi connectivity index (χ3v) is 3.57. The Kier molecular flexibility index (Phi) is 7.42. The van der Waals surface area contributed by atoms with Gasteiger partial charge < -0.3 is 25.3 Å². The molecule has 0 saturated carbocycles. The largest absolute Gasteiger partial charge is 0.480 e. The van der Waals surface area contributed by atoms with E-state index in [4.69, 9.17) is 9.84 Å². The number of amides is 1. The number of aromatic nitrogens is 2. The lowest BCUT2D eigenvalue weighted by Crippen LogP contribution is -2.60. The molecule has 1 amide bonds. The number of methoxy groups -OCH3 is 1. The first-order chi connectivity index (χ1) is 11.0. The highest BCUT2D eigenvalue weighted by Gasteiger charge is 2.40. The second-order valence-electron chi connectivity index (χ2n) is 4.56. The molecule has 0 aliphatic heterocycles. The second-order valence-corrected chi connectivity index (χ2v) is 5.42. The molecule has 3 N–H and O–H groups in total. The molecule has 0 fully saturated rings. The molecule has 1 heterocycles. The summed E-state index contributed by atoms with van der Waals surface area (Å²) >= 11 is 1.25. The van der Waals surface area contributed by atoms with E-state index in [0.29, 0.717) is 6.29 Å². The molecule has 0 aromatic carbocycles. The number of carbonyl (C=O) groups excluding carboxylic acids is 2. The van der Waals surface area contributed by atoms with Crippen LogP contribution >= 0.6 is 11.8 Å². The Morgan fingerprint density at radius 2 is 2.26 bits per heavy atom. The molecular weight excluding hydrogens is 324 g/mol. The van der Waals surface area contributed by atoms with Crippen molar-refractivity contribution in [2.75, 3.05) is 31.0 Å². The number of nitrogens with zero attached hydrogens (tertiary/aromatic N) is 2. The van der Waals surface area contributed by atoms with Crippen LogP contribution in [0.4, 0.5) is 5.82 Å². The van der Waals surface area contributed by atoms with Crippen LogP contribution in [0.1, 0.15) is 0 Å². The van der Waals surface area contributed by atoms with Crippen LogP contribution in [0.15, 0.2) is 18.6 Å². The van der Waals surface area contributed by atoms with Crippen LogP contribution in [0.3, 0.4) is 0 Å². The van der Waals surface area contributed by atoms with Crippen LogP contribution in [0.2, 0.25) is 0 Å². The van der Waals surface area contributed by atoms with Crippen LogP contribution in [-0.4, -0.2) is 70.5 Å². The summed E-state index contributed by atoms with van der Waals surface area (Å²) in [5.41, 5.74) is -1.67. The highest BCUT2D eigenvalue weighted by molar-refractivity contribution is 7.98. The molecule has 1 aromatic heterocycles. The van der Waals surface area contributed by atoms with E-state index in [9.17, 15) is 14.4 Å². The number of hydrogen-bond donors (Lipinski definition) is 3. The SMILES string of the molecule is COCC(NC(=O)[C@](C=O)(CSC)Nc1cnccn1)C(=O)O. The standard InChI is InChI=1S/C13H18N4O5S/c1-22-6-9(11(19)20)16-12(21)13(7-18,8-23-2)17-10-5-14-3-4-15-10/h3-5,7,9H,6,8H2,1-2H3,(H,15,17)(H,16,21)(H,19,20)/t9?,13-/m0/s1. The molecule has 23 heavy (non-hydrogen) atoms. The molecule has 0 aliphatic rings. The van der Waals surface area contributed by atoms with E-state index in [-0.39, 0.29) is 18.2 Å². The second kappa shape index (κ2) is 9.06. The predicted octanol–water partition coefficient (Wildman–Crippen LogP) is -0.595. The number of aliphatic carboxylic acids is 1. The molecule has 0 spiro atoms. The smallest absolute Gasteiger partial charge is 0.328 e. The van der Waals surface area contributed by atoms with Crippen molar-refractivity contribution in [1.82, 2.24) is 15.3 Å². The zero-order valence-electron chi connectivity index (χ0n) is 12.7. The molecule has 0 bridgehead atoms. The van der Waals surface area contributed by atoms with Gasteiger partial charge in [0.2, 0.25) is 0 Å². The van der Waals surface area contributed by atoms with Gasteiger partial charge in [-0.2, -0.15) is 11.8 Å². The van der Waals surface area contributed by atoms with Crippen molar-refractivity contribution in [2.24, 2.45) is 0 Å². The molecule has 10 heteroatoms. The van der Waals surface area contributed by atoms with Gasteiger partial charge in [-0.1, -0.05) is 0 Å². The Hall–Kier alpha value is -2.20. The van der Waals surface area contributed by atoms with E-state index in [1.165, 1.54) is 37.5 Å². The maximum atomic E-state index is 12.5. The number of carboxylic acids is 1. The minimum absolute atomic E-state index is 0.0816. The Labute approximate surface area is 137 Å². The van der Waals surface area contributed by atoms with Gasteiger partial charge in [-0.15, -0.1) is 0 Å². The van der Waals surface area contributed by atoms with Crippen LogP contribution in [0.5, 0.6) is 0 Å². The number of nitrogens with one attached hydrogen (secondary N) is 2. The minimum Gasteiger partial charge on any atom is -0.480 e. The van der Waals surface area contributed by atoms with Gasteiger partial charge in [-0.05, 0) is 6.26 Å². The molecule has 2 atom stereocenters. The van der Waals surface area contributed by atoms with E-state index >= 15 is 0 Å². The average molecular weight is 342 g/mol. The summed E-state index contributed by atoms with van der Waals surface area (Å²) in [7, 11) is 1.31. The van der Waals surface area contributed by atoms with Gasteiger partial charge >= 0.3 is 5.97 Å². The zero-order chi connectivity index (χ0) is 17.3. The number of thioether (sulfide) groups is 1. The van der Waals surface area contributed by atoms with Crippen LogP contribution in [0.25, 0.3) is 0 Å². The van der Waals surface area contributed by atoms with Gasteiger partial charge in [-0.25, -0.2) is 9.78 Å². The normalized spacial score (nSPS) is 14.3. The van der Waals surface area contributed by atoms with Crippen LogP contribution in [0, 0.1) is 0 Å². The molecule has 1 aromatic rings. The molecule has 9 nitrogen and oxygen atoms in total. The van der Waals surface area contributed by atoms with Gasteiger partial charge in [0, 0.05) is 25.3 Å². The Morgan fingerprint density at radius 1 is 1.52 bits per heavy atom. The topological polar surface area (TPSA) is 131 Å². The van der Waals surface area contributed by atoms with Crippen molar-refractivity contribution in [3.05, 3.63) is 18.6 Å². The average Bonchev–Trinajstić information content (AvgIpc) is 2.54. The highest BCUT2D eigenvalue weighted by atomic mass is 32.2. The summed E-state index contributed by atoms with van der Waals surface area (Å²) in [4.78, 5) is 43.0. The molecular formula is C13H18N4O5S. The van der Waals surface area contributed by atoms with E-state index < -0.39 is 23.5 Å². The fraction of sp³-hybridized carbons (Fsp3) is 0.462. The highest BCUT2D eigenvalue weighted by Crippen LogP contribution is 2.16. The first-order valence-electron chi connectivity index (χ1n) is 6.51. The quantitative estimate of drug-likeness (QED) is 0.377. The van der Waals surface area contributed by atoms with Crippen molar-refractivity contribution in [1.29, 1.82) is 0 Å². The van der Waals surface area contributed by atoms with Crippen LogP contribution in [-0.2, 0) is 19.1 Å². The molecule has 1 rings (SSSR count). The van der Waals surface area contributed by atoms with Crippen molar-refractivity contribution in [3.8, 4) is 0 Å². The summed E-state index contributed by atoms with van der Waals surface area (Å²) in [6.07, 6.45) is 6.35. The molecule has 126 valence electrons. The van der Waals surface area contributed by atoms with Gasteiger partial charge in [0.05, 0.1) is 12.8 Å². The maximum Gasteiger partial charge on any atom is 0.328 e. The van der Waals surface area contributed by atoms with Gasteiger partial charge in [0.25, 0.3) is 5.91 Å². The predicted molar refractivity (Wildman–Crippen MR) is 84.3 cm³/mol. The number of ether oxygens (including phenoxy) is 1. The fourth-order valence-electron chi connectivity index (χ4n) is 1.72.